The number of nitrogens with zero attached hydrogens (tertiary/aromatic N) is 3. The van der Waals surface area contributed by atoms with E-state index in [1.165, 1.54) is 13.2 Å². The summed E-state index contributed by atoms with van der Waals surface area (Å²) >= 11 is 3.09. The van der Waals surface area contributed by atoms with Crippen molar-refractivity contribution in [3.8, 4) is 11.5 Å². The summed E-state index contributed by atoms with van der Waals surface area (Å²) in [5.74, 6) is 0.408. The van der Waals surface area contributed by atoms with E-state index in [1.807, 2.05) is 0 Å². The summed E-state index contributed by atoms with van der Waals surface area (Å²) in [6.45, 7) is 0. The van der Waals surface area contributed by atoms with Crippen molar-refractivity contribution in [3.05, 3.63) is 27.0 Å². The van der Waals surface area contributed by atoms with Crippen molar-refractivity contribution in [3.63, 3.8) is 0 Å². The van der Waals surface area contributed by atoms with E-state index >= 15 is 0 Å². The Balaban J connectivity index is 3.32. The van der Waals surface area contributed by atoms with E-state index in [0.29, 0.717) is 10.2 Å². The molecule has 0 heterocycles. The smallest absolute Gasteiger partial charge is 0.139 e. The highest BCUT2D eigenvalue weighted by molar-refractivity contribution is 9.10. The van der Waals surface area contributed by atoms with Crippen LogP contribution in [0.2, 0.25) is 0 Å². The minimum atomic E-state index is -0.0985. The molecular weight excluding hydrogens is 238 g/mol. The second-order valence-corrected chi connectivity index (χ2v) is 3.02. The number of halogens is 1. The maximum Gasteiger partial charge on any atom is 0.139 e. The summed E-state index contributed by atoms with van der Waals surface area (Å²) in [6.07, 6.45) is 0. The largest absolute Gasteiger partial charge is 0.506 e. The Kier molecular flexibility index (Phi) is 3.00. The normalized spacial score (nSPS) is 9.08. The fraction of sp³-hybridized carbons (Fsp3) is 0.143. The highest BCUT2D eigenvalue weighted by Gasteiger charge is 2.06. The number of rotatable bonds is 2. The number of methoxy groups -OCH3 is 1. The summed E-state index contributed by atoms with van der Waals surface area (Å²) in [6, 6.07) is 3.02. The highest BCUT2D eigenvalue weighted by Crippen LogP contribution is 2.38. The van der Waals surface area contributed by atoms with Crippen LogP contribution in [0.15, 0.2) is 21.7 Å². The number of phenols is 1. The van der Waals surface area contributed by atoms with Gasteiger partial charge in [-0.2, -0.15) is 0 Å². The van der Waals surface area contributed by atoms with Gasteiger partial charge in [0.05, 0.1) is 17.3 Å². The molecule has 0 saturated heterocycles. The lowest BCUT2D eigenvalue weighted by Gasteiger charge is -2.04. The topological polar surface area (TPSA) is 78.2 Å². The molecule has 1 N–H and O–H groups in total. The van der Waals surface area contributed by atoms with Crippen LogP contribution in [0.25, 0.3) is 10.4 Å². The maximum absolute atomic E-state index is 9.38. The molecule has 0 fully saturated rings. The number of aromatic hydroxyl groups is 1. The van der Waals surface area contributed by atoms with Gasteiger partial charge in [0.2, 0.25) is 0 Å². The van der Waals surface area contributed by atoms with Crippen molar-refractivity contribution in [1.29, 1.82) is 0 Å². The zero-order chi connectivity index (χ0) is 9.84. The van der Waals surface area contributed by atoms with Crippen molar-refractivity contribution in [2.45, 2.75) is 0 Å². The molecular formula is C7H6BrN3O2. The first-order valence-corrected chi connectivity index (χ1v) is 4.10. The molecule has 13 heavy (non-hydrogen) atoms. The van der Waals surface area contributed by atoms with Gasteiger partial charge >= 0.3 is 0 Å². The number of hydrogen-bond acceptors (Lipinski definition) is 3. The van der Waals surface area contributed by atoms with Gasteiger partial charge < -0.3 is 9.84 Å². The zero-order valence-electron chi connectivity index (χ0n) is 6.73. The summed E-state index contributed by atoms with van der Waals surface area (Å²) < 4.78 is 5.34. The van der Waals surface area contributed by atoms with Gasteiger partial charge in [0.1, 0.15) is 11.5 Å². The average molecular weight is 244 g/mol. The molecule has 6 heteroatoms. The Morgan fingerprint density at radius 3 is 2.85 bits per heavy atom. The SMILES string of the molecule is COc1cc(Br)c(O)c(N=[N+]=[N-])c1. The first-order chi connectivity index (χ1) is 6.19. The molecule has 1 rings (SSSR count). The second-order valence-electron chi connectivity index (χ2n) is 2.17. The van der Waals surface area contributed by atoms with E-state index in [4.69, 9.17) is 10.3 Å². The number of azide groups is 1. The fourth-order valence-electron chi connectivity index (χ4n) is 0.803. The number of ether oxygens (including phenoxy) is 1. The molecule has 0 aliphatic heterocycles. The molecule has 0 amide bonds. The van der Waals surface area contributed by atoms with Gasteiger partial charge in [-0.3, -0.25) is 0 Å². The van der Waals surface area contributed by atoms with Crippen LogP contribution in [0, 0.1) is 0 Å². The van der Waals surface area contributed by atoms with Gasteiger partial charge in [0.25, 0.3) is 0 Å². The molecule has 1 aromatic carbocycles. The zero-order valence-corrected chi connectivity index (χ0v) is 8.32. The molecule has 0 atom stereocenters. The lowest BCUT2D eigenvalue weighted by molar-refractivity contribution is 0.412. The Morgan fingerprint density at radius 1 is 1.62 bits per heavy atom. The summed E-state index contributed by atoms with van der Waals surface area (Å²) in [5.41, 5.74) is 8.32. The van der Waals surface area contributed by atoms with Crippen LogP contribution < -0.4 is 4.74 Å². The van der Waals surface area contributed by atoms with E-state index < -0.39 is 0 Å². The maximum atomic E-state index is 9.38. The Morgan fingerprint density at radius 2 is 2.31 bits per heavy atom. The number of hydrogen-bond donors (Lipinski definition) is 1. The van der Waals surface area contributed by atoms with E-state index in [2.05, 4.69) is 26.0 Å². The van der Waals surface area contributed by atoms with Crippen LogP contribution in [0.3, 0.4) is 0 Å². The molecule has 0 saturated carbocycles. The van der Waals surface area contributed by atoms with Gasteiger partial charge in [-0.05, 0) is 33.6 Å². The van der Waals surface area contributed by atoms with E-state index in [-0.39, 0.29) is 11.4 Å². The average Bonchev–Trinajstić information content (AvgIpc) is 2.13. The standard InChI is InChI=1S/C7H6BrN3O2/c1-13-4-2-5(8)7(12)6(3-4)10-11-9/h2-3,12H,1H3. The van der Waals surface area contributed by atoms with Crippen LogP contribution in [-0.4, -0.2) is 12.2 Å². The molecule has 68 valence electrons. The Bertz CT molecular complexity index is 374. The lowest BCUT2D eigenvalue weighted by atomic mass is 10.3. The van der Waals surface area contributed by atoms with Gasteiger partial charge in [-0.15, -0.1) is 0 Å². The summed E-state index contributed by atoms with van der Waals surface area (Å²) in [7, 11) is 1.48. The van der Waals surface area contributed by atoms with Crippen LogP contribution in [-0.2, 0) is 0 Å². The van der Waals surface area contributed by atoms with Crippen LogP contribution in [0.5, 0.6) is 11.5 Å². The third kappa shape index (κ3) is 2.05. The molecule has 0 radical (unpaired) electrons. The van der Waals surface area contributed by atoms with Gasteiger partial charge in [-0.1, -0.05) is 5.11 Å². The molecule has 1 aromatic rings. The van der Waals surface area contributed by atoms with Crippen molar-refractivity contribution in [1.82, 2.24) is 0 Å². The number of benzene rings is 1. The molecule has 0 bridgehead atoms. The summed E-state index contributed by atoms with van der Waals surface area (Å²) in [4.78, 5) is 2.57. The van der Waals surface area contributed by atoms with E-state index in [9.17, 15) is 5.11 Å². The van der Waals surface area contributed by atoms with E-state index in [1.54, 1.807) is 6.07 Å². The van der Waals surface area contributed by atoms with Gasteiger partial charge in [0.15, 0.2) is 0 Å². The minimum absolute atomic E-state index is 0.0985. The third-order valence-electron chi connectivity index (χ3n) is 1.40. The molecule has 0 aliphatic rings. The minimum Gasteiger partial charge on any atom is -0.506 e. The Hall–Kier alpha value is -1.39. The van der Waals surface area contributed by atoms with Gasteiger partial charge in [-0.25, -0.2) is 0 Å². The molecule has 0 aliphatic carbocycles. The van der Waals surface area contributed by atoms with Crippen molar-refractivity contribution in [2.75, 3.05) is 7.11 Å². The summed E-state index contributed by atoms with van der Waals surface area (Å²) in [5, 5.41) is 12.7. The third-order valence-corrected chi connectivity index (χ3v) is 2.01. The van der Waals surface area contributed by atoms with Crippen molar-refractivity contribution < 1.29 is 9.84 Å². The van der Waals surface area contributed by atoms with Gasteiger partial charge in [0, 0.05) is 4.91 Å². The van der Waals surface area contributed by atoms with Crippen molar-refractivity contribution >= 4 is 21.6 Å². The second kappa shape index (κ2) is 4.02. The Labute approximate surface area is 82.7 Å². The predicted molar refractivity (Wildman–Crippen MR) is 51.2 cm³/mol. The van der Waals surface area contributed by atoms with Crippen LogP contribution >= 0.6 is 15.9 Å². The molecule has 5 nitrogen and oxygen atoms in total. The molecule has 0 spiro atoms. The van der Waals surface area contributed by atoms with Crippen LogP contribution in [0.4, 0.5) is 5.69 Å². The lowest BCUT2D eigenvalue weighted by Crippen LogP contribution is -1.82. The first-order valence-electron chi connectivity index (χ1n) is 3.30. The molecule has 0 aromatic heterocycles. The van der Waals surface area contributed by atoms with Crippen LogP contribution in [0.1, 0.15) is 0 Å². The monoisotopic (exact) mass is 243 g/mol. The van der Waals surface area contributed by atoms with E-state index in [0.717, 1.165) is 0 Å². The first kappa shape index (κ1) is 9.70. The predicted octanol–water partition coefficient (Wildman–Crippen LogP) is 3.11. The molecule has 0 unspecified atom stereocenters. The van der Waals surface area contributed by atoms with Crippen molar-refractivity contribution in [2.24, 2.45) is 5.11 Å². The number of phenolic OH excluding ortho intramolecular Hbond substituents is 1. The fourth-order valence-corrected chi connectivity index (χ4v) is 1.23. The highest BCUT2D eigenvalue weighted by atomic mass is 79.9. The quantitative estimate of drug-likeness (QED) is 0.492.